The van der Waals surface area contributed by atoms with Crippen molar-refractivity contribution in [3.8, 4) is 11.3 Å². The van der Waals surface area contributed by atoms with E-state index in [0.29, 0.717) is 12.0 Å². The third-order valence-electron chi connectivity index (χ3n) is 3.43. The molecule has 0 fully saturated rings. The summed E-state index contributed by atoms with van der Waals surface area (Å²) < 4.78 is 7.47. The summed E-state index contributed by atoms with van der Waals surface area (Å²) in [6, 6.07) is 7.64. The summed E-state index contributed by atoms with van der Waals surface area (Å²) in [6.45, 7) is 8.94. The molecule has 120 valence electrons. The lowest BCUT2D eigenvalue weighted by molar-refractivity contribution is 0.113. The summed E-state index contributed by atoms with van der Waals surface area (Å²) in [5, 5.41) is 8.31. The average Bonchev–Trinajstić information content (AvgIpc) is 2.91. The number of anilines is 1. The van der Waals surface area contributed by atoms with E-state index in [2.05, 4.69) is 31.1 Å². The summed E-state index contributed by atoms with van der Waals surface area (Å²) in [6.07, 6.45) is 4.21. The molecule has 5 heteroatoms. The van der Waals surface area contributed by atoms with Gasteiger partial charge in [-0.05, 0) is 30.4 Å². The number of hydrogen-bond acceptors (Lipinski definition) is 4. The van der Waals surface area contributed by atoms with Crippen LogP contribution in [0.2, 0.25) is 0 Å². The van der Waals surface area contributed by atoms with Crippen molar-refractivity contribution < 1.29 is 4.74 Å². The molecular formula is C17H26N4O. The van der Waals surface area contributed by atoms with E-state index in [1.807, 2.05) is 35.1 Å². The summed E-state index contributed by atoms with van der Waals surface area (Å²) >= 11 is 0. The minimum absolute atomic E-state index is 0.378. The third-order valence-corrected chi connectivity index (χ3v) is 3.43. The molecule has 5 nitrogen and oxygen atoms in total. The summed E-state index contributed by atoms with van der Waals surface area (Å²) in [5.41, 5.74) is 8.69. The number of aromatic nitrogens is 3. The Bertz CT molecular complexity index is 569. The van der Waals surface area contributed by atoms with E-state index >= 15 is 0 Å². The second-order valence-corrected chi connectivity index (χ2v) is 6.77. The van der Waals surface area contributed by atoms with Crippen LogP contribution in [0.25, 0.3) is 11.3 Å². The predicted molar refractivity (Wildman–Crippen MR) is 89.4 cm³/mol. The van der Waals surface area contributed by atoms with Crippen molar-refractivity contribution in [2.24, 2.45) is 5.41 Å². The van der Waals surface area contributed by atoms with Gasteiger partial charge in [-0.1, -0.05) is 38.1 Å². The third kappa shape index (κ3) is 5.48. The molecule has 22 heavy (non-hydrogen) atoms. The Morgan fingerprint density at radius 3 is 2.55 bits per heavy atom. The van der Waals surface area contributed by atoms with E-state index in [0.717, 1.165) is 36.5 Å². The van der Waals surface area contributed by atoms with Gasteiger partial charge < -0.3 is 10.5 Å². The van der Waals surface area contributed by atoms with Gasteiger partial charge in [0.1, 0.15) is 5.69 Å². The first-order valence-electron chi connectivity index (χ1n) is 7.78. The highest BCUT2D eigenvalue weighted by Crippen LogP contribution is 2.20. The molecule has 1 aromatic carbocycles. The molecule has 2 rings (SSSR count). The fourth-order valence-corrected chi connectivity index (χ4v) is 2.16. The fraction of sp³-hybridized carbons (Fsp3) is 0.529. The number of nitrogens with zero attached hydrogens (tertiary/aromatic N) is 3. The Hall–Kier alpha value is -1.88. The van der Waals surface area contributed by atoms with Gasteiger partial charge in [0, 0.05) is 17.9 Å². The Balaban J connectivity index is 1.72. The van der Waals surface area contributed by atoms with Gasteiger partial charge >= 0.3 is 0 Å². The van der Waals surface area contributed by atoms with Crippen LogP contribution in [0.3, 0.4) is 0 Å². The molecule has 0 spiro atoms. The Morgan fingerprint density at radius 1 is 1.14 bits per heavy atom. The monoisotopic (exact) mass is 302 g/mol. The highest BCUT2D eigenvalue weighted by molar-refractivity contribution is 5.60. The standard InChI is InChI=1S/C17H26N4O/c1-17(2,3)9-4-11-22-12-10-21-13-16(19-20-21)14-5-7-15(18)8-6-14/h5-8,13H,4,9-12,18H2,1-3H3. The molecule has 0 aliphatic heterocycles. The minimum atomic E-state index is 0.378. The molecular weight excluding hydrogens is 276 g/mol. The topological polar surface area (TPSA) is 66.0 Å². The van der Waals surface area contributed by atoms with Crippen LogP contribution in [0.5, 0.6) is 0 Å². The van der Waals surface area contributed by atoms with Crippen molar-refractivity contribution in [1.82, 2.24) is 15.0 Å². The first-order valence-corrected chi connectivity index (χ1v) is 7.78. The molecule has 0 radical (unpaired) electrons. The van der Waals surface area contributed by atoms with E-state index in [1.54, 1.807) is 0 Å². The maximum Gasteiger partial charge on any atom is 0.113 e. The van der Waals surface area contributed by atoms with Crippen molar-refractivity contribution in [1.29, 1.82) is 0 Å². The van der Waals surface area contributed by atoms with E-state index in [4.69, 9.17) is 10.5 Å². The van der Waals surface area contributed by atoms with Crippen LogP contribution in [0.4, 0.5) is 5.69 Å². The van der Waals surface area contributed by atoms with Crippen LogP contribution in [0.15, 0.2) is 30.5 Å². The first-order chi connectivity index (χ1) is 10.4. The van der Waals surface area contributed by atoms with Gasteiger partial charge in [-0.2, -0.15) is 0 Å². The van der Waals surface area contributed by atoms with Crippen LogP contribution < -0.4 is 5.73 Å². The first kappa shape index (κ1) is 16.5. The molecule has 0 saturated heterocycles. The number of hydrogen-bond donors (Lipinski definition) is 1. The Labute approximate surface area is 132 Å². The Morgan fingerprint density at radius 2 is 1.86 bits per heavy atom. The van der Waals surface area contributed by atoms with Crippen LogP contribution in [-0.4, -0.2) is 28.2 Å². The molecule has 2 N–H and O–H groups in total. The highest BCUT2D eigenvalue weighted by atomic mass is 16.5. The predicted octanol–water partition coefficient (Wildman–Crippen LogP) is 3.37. The van der Waals surface area contributed by atoms with Gasteiger partial charge in [0.2, 0.25) is 0 Å². The second-order valence-electron chi connectivity index (χ2n) is 6.77. The van der Waals surface area contributed by atoms with Crippen molar-refractivity contribution in [3.05, 3.63) is 30.5 Å². The van der Waals surface area contributed by atoms with Crippen molar-refractivity contribution in [2.45, 2.75) is 40.2 Å². The van der Waals surface area contributed by atoms with Gasteiger partial charge in [0.25, 0.3) is 0 Å². The van der Waals surface area contributed by atoms with Crippen molar-refractivity contribution >= 4 is 5.69 Å². The molecule has 0 unspecified atom stereocenters. The molecule has 0 bridgehead atoms. The van der Waals surface area contributed by atoms with Gasteiger partial charge in [0.05, 0.1) is 19.3 Å². The molecule has 2 aromatic rings. The van der Waals surface area contributed by atoms with E-state index < -0.39 is 0 Å². The zero-order chi connectivity index (χ0) is 16.0. The van der Waals surface area contributed by atoms with E-state index in [9.17, 15) is 0 Å². The van der Waals surface area contributed by atoms with Crippen LogP contribution in [-0.2, 0) is 11.3 Å². The molecule has 0 saturated carbocycles. The number of rotatable bonds is 7. The Kier molecular flexibility index (Phi) is 5.55. The lowest BCUT2D eigenvalue weighted by atomic mass is 9.91. The van der Waals surface area contributed by atoms with Crippen molar-refractivity contribution in [2.75, 3.05) is 18.9 Å². The summed E-state index contributed by atoms with van der Waals surface area (Å²) in [7, 11) is 0. The number of ether oxygens (including phenoxy) is 1. The van der Waals surface area contributed by atoms with Gasteiger partial charge in [0.15, 0.2) is 0 Å². The van der Waals surface area contributed by atoms with Gasteiger partial charge in [-0.15, -0.1) is 5.10 Å². The lowest BCUT2D eigenvalue weighted by Gasteiger charge is -2.17. The molecule has 1 aromatic heterocycles. The number of nitrogen functional groups attached to an aromatic ring is 1. The van der Waals surface area contributed by atoms with Crippen LogP contribution in [0.1, 0.15) is 33.6 Å². The van der Waals surface area contributed by atoms with Crippen LogP contribution >= 0.6 is 0 Å². The maximum absolute atomic E-state index is 5.68. The van der Waals surface area contributed by atoms with Gasteiger partial charge in [-0.3, -0.25) is 0 Å². The minimum Gasteiger partial charge on any atom is -0.399 e. The molecule has 0 atom stereocenters. The second kappa shape index (κ2) is 7.40. The summed E-state index contributed by atoms with van der Waals surface area (Å²) in [4.78, 5) is 0. The molecule has 0 amide bonds. The summed E-state index contributed by atoms with van der Waals surface area (Å²) in [5.74, 6) is 0. The average molecular weight is 302 g/mol. The van der Waals surface area contributed by atoms with E-state index in [1.165, 1.54) is 6.42 Å². The number of benzene rings is 1. The van der Waals surface area contributed by atoms with Gasteiger partial charge in [-0.25, -0.2) is 4.68 Å². The van der Waals surface area contributed by atoms with E-state index in [-0.39, 0.29) is 0 Å². The smallest absolute Gasteiger partial charge is 0.113 e. The van der Waals surface area contributed by atoms with Crippen molar-refractivity contribution in [3.63, 3.8) is 0 Å². The zero-order valence-electron chi connectivity index (χ0n) is 13.7. The highest BCUT2D eigenvalue weighted by Gasteiger charge is 2.09. The maximum atomic E-state index is 5.68. The fourth-order valence-electron chi connectivity index (χ4n) is 2.16. The molecule has 0 aliphatic rings. The number of nitrogens with two attached hydrogens (primary N) is 1. The quantitative estimate of drug-likeness (QED) is 0.629. The SMILES string of the molecule is CC(C)(C)CCCOCCn1cc(-c2ccc(N)cc2)nn1. The molecule has 1 heterocycles. The largest absolute Gasteiger partial charge is 0.399 e. The normalized spacial score (nSPS) is 11.8. The molecule has 0 aliphatic carbocycles. The van der Waals surface area contributed by atoms with Crippen LogP contribution in [0, 0.1) is 5.41 Å². The zero-order valence-corrected chi connectivity index (χ0v) is 13.7. The lowest BCUT2D eigenvalue weighted by Crippen LogP contribution is -2.10.